The predicted octanol–water partition coefficient (Wildman–Crippen LogP) is 5.00. The molecule has 2 aromatic carbocycles. The Morgan fingerprint density at radius 1 is 1.19 bits per heavy atom. The first-order chi connectivity index (χ1) is 9.74. The van der Waals surface area contributed by atoms with Gasteiger partial charge in [-0.3, -0.25) is 4.72 Å². The number of sulfonamides is 1. The molecular weight excluding hydrogens is 404 g/mol. The fraction of sp³-hybridized carbons (Fsp3) is 0.0769. The summed E-state index contributed by atoms with van der Waals surface area (Å²) in [6, 6.07) is 7.38. The Balaban J connectivity index is 2.49. The molecule has 3 nitrogen and oxygen atoms in total. The zero-order valence-electron chi connectivity index (χ0n) is 10.6. The smallest absolute Gasteiger partial charge is 0.263 e. The Kier molecular flexibility index (Phi) is 4.82. The maximum absolute atomic E-state index is 13.6. The van der Waals surface area contributed by atoms with Crippen molar-refractivity contribution >= 4 is 54.8 Å². The molecule has 0 aliphatic rings. The zero-order valence-corrected chi connectivity index (χ0v) is 14.5. The van der Waals surface area contributed by atoms with Crippen molar-refractivity contribution in [3.8, 4) is 0 Å². The van der Waals surface area contributed by atoms with Gasteiger partial charge in [0.1, 0.15) is 4.90 Å². The standard InChI is InChI=1S/C13H9BrCl2FNO2S/c1-7-3-2-4-9(11(7)14)18-21(19,20)10-6-5-8(15)13(17)12(10)16/h2-6,18H,1H3. The lowest BCUT2D eigenvalue weighted by atomic mass is 10.2. The molecule has 0 fully saturated rings. The third kappa shape index (κ3) is 3.34. The van der Waals surface area contributed by atoms with Gasteiger partial charge < -0.3 is 0 Å². The van der Waals surface area contributed by atoms with Crippen LogP contribution in [0.5, 0.6) is 0 Å². The van der Waals surface area contributed by atoms with Crippen LogP contribution in [0.2, 0.25) is 10.0 Å². The van der Waals surface area contributed by atoms with Crippen LogP contribution in [0, 0.1) is 12.7 Å². The first kappa shape index (κ1) is 16.5. The van der Waals surface area contributed by atoms with Crippen molar-refractivity contribution in [1.29, 1.82) is 0 Å². The highest BCUT2D eigenvalue weighted by molar-refractivity contribution is 9.10. The summed E-state index contributed by atoms with van der Waals surface area (Å²) < 4.78 is 41.2. The van der Waals surface area contributed by atoms with E-state index in [4.69, 9.17) is 23.2 Å². The van der Waals surface area contributed by atoms with Crippen LogP contribution in [0.3, 0.4) is 0 Å². The predicted molar refractivity (Wildman–Crippen MR) is 86.1 cm³/mol. The van der Waals surface area contributed by atoms with Gasteiger partial charge in [-0.25, -0.2) is 12.8 Å². The molecule has 0 aromatic heterocycles. The van der Waals surface area contributed by atoms with E-state index in [2.05, 4.69) is 20.7 Å². The maximum atomic E-state index is 13.6. The van der Waals surface area contributed by atoms with Crippen molar-refractivity contribution in [2.24, 2.45) is 0 Å². The van der Waals surface area contributed by atoms with Crippen molar-refractivity contribution in [2.75, 3.05) is 4.72 Å². The molecule has 0 saturated carbocycles. The van der Waals surface area contributed by atoms with Crippen LogP contribution >= 0.6 is 39.1 Å². The Labute approximate surface area is 140 Å². The number of hydrogen-bond donors (Lipinski definition) is 1. The maximum Gasteiger partial charge on any atom is 0.263 e. The molecule has 0 saturated heterocycles. The van der Waals surface area contributed by atoms with E-state index in [1.807, 2.05) is 13.0 Å². The van der Waals surface area contributed by atoms with E-state index in [9.17, 15) is 12.8 Å². The Morgan fingerprint density at radius 3 is 2.52 bits per heavy atom. The van der Waals surface area contributed by atoms with Crippen LogP contribution in [-0.2, 0) is 10.0 Å². The SMILES string of the molecule is Cc1cccc(NS(=O)(=O)c2ccc(Cl)c(F)c2Cl)c1Br. The van der Waals surface area contributed by atoms with Crippen LogP contribution in [0.1, 0.15) is 5.56 Å². The fourth-order valence-electron chi connectivity index (χ4n) is 1.64. The topological polar surface area (TPSA) is 46.2 Å². The van der Waals surface area contributed by atoms with E-state index in [1.54, 1.807) is 12.1 Å². The molecule has 112 valence electrons. The Morgan fingerprint density at radius 2 is 1.86 bits per heavy atom. The van der Waals surface area contributed by atoms with E-state index < -0.39 is 20.9 Å². The summed E-state index contributed by atoms with van der Waals surface area (Å²) in [6.45, 7) is 1.82. The number of nitrogens with one attached hydrogen (secondary N) is 1. The lowest BCUT2D eigenvalue weighted by molar-refractivity contribution is 0.595. The molecule has 2 rings (SSSR count). The van der Waals surface area contributed by atoms with Crippen LogP contribution in [0.15, 0.2) is 39.7 Å². The summed E-state index contributed by atoms with van der Waals surface area (Å²) in [5.74, 6) is -0.968. The molecule has 0 heterocycles. The molecule has 0 atom stereocenters. The van der Waals surface area contributed by atoms with Gasteiger partial charge in [0.25, 0.3) is 10.0 Å². The Hall–Kier alpha value is -0.820. The summed E-state index contributed by atoms with van der Waals surface area (Å²) in [6.07, 6.45) is 0. The van der Waals surface area contributed by atoms with Crippen molar-refractivity contribution in [2.45, 2.75) is 11.8 Å². The molecule has 0 aliphatic carbocycles. The van der Waals surface area contributed by atoms with E-state index >= 15 is 0 Å². The molecule has 0 spiro atoms. The monoisotopic (exact) mass is 411 g/mol. The quantitative estimate of drug-likeness (QED) is 0.720. The molecule has 0 unspecified atom stereocenters. The minimum absolute atomic E-state index is 0.240. The number of aryl methyl sites for hydroxylation is 1. The van der Waals surface area contributed by atoms with Gasteiger partial charge in [0.05, 0.1) is 15.7 Å². The minimum atomic E-state index is -4.03. The van der Waals surface area contributed by atoms with Crippen molar-refractivity contribution in [3.05, 3.63) is 56.2 Å². The van der Waals surface area contributed by atoms with Crippen molar-refractivity contribution in [3.63, 3.8) is 0 Å². The van der Waals surface area contributed by atoms with Gasteiger partial charge in [0.15, 0.2) is 5.82 Å². The zero-order chi connectivity index (χ0) is 15.8. The highest BCUT2D eigenvalue weighted by Gasteiger charge is 2.23. The summed E-state index contributed by atoms with van der Waals surface area (Å²) in [5.41, 5.74) is 1.19. The van der Waals surface area contributed by atoms with Gasteiger partial charge >= 0.3 is 0 Å². The second-order valence-electron chi connectivity index (χ2n) is 4.22. The summed E-state index contributed by atoms with van der Waals surface area (Å²) in [5, 5.41) is -0.783. The third-order valence-electron chi connectivity index (χ3n) is 2.73. The van der Waals surface area contributed by atoms with Gasteiger partial charge in [-0.15, -0.1) is 0 Å². The highest BCUT2D eigenvalue weighted by Crippen LogP contribution is 2.32. The second kappa shape index (κ2) is 6.12. The van der Waals surface area contributed by atoms with Crippen LogP contribution < -0.4 is 4.72 Å². The molecule has 8 heteroatoms. The third-order valence-corrected chi connectivity index (χ3v) is 5.96. The number of anilines is 1. The van der Waals surface area contributed by atoms with Crippen LogP contribution in [0.25, 0.3) is 0 Å². The highest BCUT2D eigenvalue weighted by atomic mass is 79.9. The first-order valence-electron chi connectivity index (χ1n) is 5.65. The number of benzene rings is 2. The Bertz CT molecular complexity index is 812. The number of halogens is 4. The largest absolute Gasteiger partial charge is 0.278 e. The van der Waals surface area contributed by atoms with E-state index in [0.717, 1.165) is 17.7 Å². The molecule has 1 N–H and O–H groups in total. The van der Waals surface area contributed by atoms with Gasteiger partial charge in [-0.05, 0) is 46.6 Å². The van der Waals surface area contributed by atoms with Crippen LogP contribution in [0.4, 0.5) is 10.1 Å². The molecule has 0 bridgehead atoms. The van der Waals surface area contributed by atoms with Gasteiger partial charge in [0.2, 0.25) is 0 Å². The van der Waals surface area contributed by atoms with Crippen molar-refractivity contribution in [1.82, 2.24) is 0 Å². The molecule has 2 aromatic rings. The summed E-state index contributed by atoms with van der Waals surface area (Å²) in [7, 11) is -4.03. The van der Waals surface area contributed by atoms with Gasteiger partial charge in [-0.2, -0.15) is 0 Å². The van der Waals surface area contributed by atoms with Gasteiger partial charge in [0, 0.05) is 4.47 Å². The average molecular weight is 413 g/mol. The molecule has 21 heavy (non-hydrogen) atoms. The van der Waals surface area contributed by atoms with Gasteiger partial charge in [-0.1, -0.05) is 35.3 Å². The molecule has 0 radical (unpaired) electrons. The molecule has 0 aliphatic heterocycles. The van der Waals surface area contributed by atoms with E-state index in [0.29, 0.717) is 10.2 Å². The minimum Gasteiger partial charge on any atom is -0.278 e. The van der Waals surface area contributed by atoms with E-state index in [1.165, 1.54) is 0 Å². The van der Waals surface area contributed by atoms with Crippen molar-refractivity contribution < 1.29 is 12.8 Å². The normalized spacial score (nSPS) is 11.5. The molecular formula is C13H9BrCl2FNO2S. The second-order valence-corrected chi connectivity index (χ2v) is 7.44. The first-order valence-corrected chi connectivity index (χ1v) is 8.68. The lowest BCUT2D eigenvalue weighted by Crippen LogP contribution is -2.14. The number of hydrogen-bond acceptors (Lipinski definition) is 2. The summed E-state index contributed by atoms with van der Waals surface area (Å²) >= 11 is 14.6. The summed E-state index contributed by atoms with van der Waals surface area (Å²) in [4.78, 5) is -0.375. The number of rotatable bonds is 3. The lowest BCUT2D eigenvalue weighted by Gasteiger charge is -2.12. The van der Waals surface area contributed by atoms with E-state index in [-0.39, 0.29) is 9.92 Å². The average Bonchev–Trinajstić information content (AvgIpc) is 2.41. The molecule has 0 amide bonds. The fourth-order valence-corrected chi connectivity index (χ4v) is 3.95. The van der Waals surface area contributed by atoms with Crippen LogP contribution in [-0.4, -0.2) is 8.42 Å².